The minimum atomic E-state index is -0.115. The smallest absolute Gasteiger partial charge is 0.138 e. The first-order valence-corrected chi connectivity index (χ1v) is 8.08. The Morgan fingerprint density at radius 2 is 2.17 bits per heavy atom. The molecule has 2 heterocycles. The minimum absolute atomic E-state index is 0.0202. The molecule has 24 heavy (non-hydrogen) atoms. The van der Waals surface area contributed by atoms with E-state index in [1.165, 1.54) is 0 Å². The molecule has 0 aliphatic carbocycles. The molecule has 0 radical (unpaired) electrons. The van der Waals surface area contributed by atoms with Crippen molar-refractivity contribution in [2.45, 2.75) is 32.4 Å². The van der Waals surface area contributed by atoms with Gasteiger partial charge in [-0.3, -0.25) is 4.98 Å². The molecule has 2 aromatic heterocycles. The Morgan fingerprint density at radius 1 is 1.29 bits per heavy atom. The van der Waals surface area contributed by atoms with E-state index in [9.17, 15) is 5.11 Å². The van der Waals surface area contributed by atoms with Crippen LogP contribution in [0.25, 0.3) is 11.0 Å². The molecule has 0 spiro atoms. The summed E-state index contributed by atoms with van der Waals surface area (Å²) in [5.74, 6) is 1.34. The van der Waals surface area contributed by atoms with Crippen LogP contribution in [-0.4, -0.2) is 22.7 Å². The molecule has 0 bridgehead atoms. The number of rotatable bonds is 7. The molecular formula is C19H22N2O3. The fourth-order valence-corrected chi connectivity index (χ4v) is 2.83. The van der Waals surface area contributed by atoms with Crippen molar-refractivity contribution in [3.05, 3.63) is 59.6 Å². The van der Waals surface area contributed by atoms with Gasteiger partial charge in [0.1, 0.15) is 23.7 Å². The maximum absolute atomic E-state index is 9.34. The zero-order valence-electron chi connectivity index (χ0n) is 13.7. The van der Waals surface area contributed by atoms with Crippen molar-refractivity contribution >= 4 is 11.0 Å². The van der Waals surface area contributed by atoms with Gasteiger partial charge in [-0.05, 0) is 43.5 Å². The lowest BCUT2D eigenvalue weighted by Gasteiger charge is -2.13. The molecule has 0 aliphatic rings. The van der Waals surface area contributed by atoms with Crippen molar-refractivity contribution in [2.24, 2.45) is 5.73 Å². The number of fused-ring (bicyclic) bond motifs is 1. The van der Waals surface area contributed by atoms with Crippen LogP contribution in [0, 0.1) is 6.92 Å². The SMILES string of the molecule is Cc1c(CO)oc2cccc(OCCC(N)Cc3cccnc3)c12. The molecule has 126 valence electrons. The number of hydrogen-bond acceptors (Lipinski definition) is 5. The Balaban J connectivity index is 1.62. The fraction of sp³-hybridized carbons (Fsp3) is 0.316. The van der Waals surface area contributed by atoms with Gasteiger partial charge in [0.25, 0.3) is 0 Å². The highest BCUT2D eigenvalue weighted by atomic mass is 16.5. The van der Waals surface area contributed by atoms with Crippen molar-refractivity contribution in [3.8, 4) is 5.75 Å². The third kappa shape index (κ3) is 3.58. The van der Waals surface area contributed by atoms with Gasteiger partial charge < -0.3 is 20.0 Å². The van der Waals surface area contributed by atoms with Gasteiger partial charge in [-0.1, -0.05) is 12.1 Å². The van der Waals surface area contributed by atoms with E-state index in [4.69, 9.17) is 14.9 Å². The summed E-state index contributed by atoms with van der Waals surface area (Å²) >= 11 is 0. The minimum Gasteiger partial charge on any atom is -0.493 e. The van der Waals surface area contributed by atoms with E-state index in [1.807, 2.05) is 43.5 Å². The van der Waals surface area contributed by atoms with Crippen LogP contribution in [0.1, 0.15) is 23.3 Å². The highest BCUT2D eigenvalue weighted by Gasteiger charge is 2.14. The third-order valence-corrected chi connectivity index (χ3v) is 4.12. The van der Waals surface area contributed by atoms with Gasteiger partial charge in [-0.15, -0.1) is 0 Å². The Kier molecular flexibility index (Phi) is 5.13. The number of aliphatic hydroxyl groups excluding tert-OH is 1. The van der Waals surface area contributed by atoms with Gasteiger partial charge in [0, 0.05) is 24.0 Å². The molecule has 5 heteroatoms. The molecule has 5 nitrogen and oxygen atoms in total. The summed E-state index contributed by atoms with van der Waals surface area (Å²) in [6.45, 7) is 2.34. The number of nitrogens with zero attached hydrogens (tertiary/aromatic N) is 1. The molecule has 1 aromatic carbocycles. The fourth-order valence-electron chi connectivity index (χ4n) is 2.83. The van der Waals surface area contributed by atoms with Crippen LogP contribution in [0.3, 0.4) is 0 Å². The van der Waals surface area contributed by atoms with Crippen molar-refractivity contribution in [3.63, 3.8) is 0 Å². The van der Waals surface area contributed by atoms with Gasteiger partial charge in [0.05, 0.1) is 12.0 Å². The highest BCUT2D eigenvalue weighted by Crippen LogP contribution is 2.33. The van der Waals surface area contributed by atoms with E-state index in [1.54, 1.807) is 6.20 Å². The number of aromatic nitrogens is 1. The number of benzene rings is 1. The standard InChI is InChI=1S/C19H22N2O3/c1-13-18(12-22)24-17-6-2-5-16(19(13)17)23-9-7-15(20)10-14-4-3-8-21-11-14/h2-6,8,11,15,22H,7,9-10,12,20H2,1H3. The van der Waals surface area contributed by atoms with Crippen LogP contribution in [0.15, 0.2) is 47.1 Å². The first kappa shape index (κ1) is 16.5. The summed E-state index contributed by atoms with van der Waals surface area (Å²) in [4.78, 5) is 4.10. The number of aryl methyl sites for hydroxylation is 1. The monoisotopic (exact) mass is 326 g/mol. The molecule has 3 aromatic rings. The Morgan fingerprint density at radius 3 is 2.92 bits per heavy atom. The van der Waals surface area contributed by atoms with Crippen molar-refractivity contribution in [1.82, 2.24) is 4.98 Å². The van der Waals surface area contributed by atoms with E-state index in [0.29, 0.717) is 12.4 Å². The Labute approximate surface area is 141 Å². The summed E-state index contributed by atoms with van der Waals surface area (Å²) in [6.07, 6.45) is 5.12. The van der Waals surface area contributed by atoms with Crippen LogP contribution in [0.2, 0.25) is 0 Å². The number of hydrogen-bond donors (Lipinski definition) is 2. The molecule has 0 amide bonds. The lowest BCUT2D eigenvalue weighted by Crippen LogP contribution is -2.25. The average molecular weight is 326 g/mol. The topological polar surface area (TPSA) is 81.5 Å². The molecule has 0 saturated carbocycles. The van der Waals surface area contributed by atoms with Crippen LogP contribution >= 0.6 is 0 Å². The maximum atomic E-state index is 9.34. The van der Waals surface area contributed by atoms with E-state index >= 15 is 0 Å². The molecule has 0 fully saturated rings. The molecule has 3 rings (SSSR count). The second-order valence-electron chi connectivity index (χ2n) is 5.90. The van der Waals surface area contributed by atoms with Crippen LogP contribution in [0.5, 0.6) is 5.75 Å². The molecule has 0 aliphatic heterocycles. The normalized spacial score (nSPS) is 12.5. The number of pyridine rings is 1. The first-order chi connectivity index (χ1) is 11.7. The lowest BCUT2D eigenvalue weighted by atomic mass is 10.1. The van der Waals surface area contributed by atoms with Crippen LogP contribution < -0.4 is 10.5 Å². The predicted octanol–water partition coefficient (Wildman–Crippen LogP) is 2.97. The van der Waals surface area contributed by atoms with Gasteiger partial charge in [-0.2, -0.15) is 0 Å². The summed E-state index contributed by atoms with van der Waals surface area (Å²) in [5, 5.41) is 10.3. The Hall–Kier alpha value is -2.37. The average Bonchev–Trinajstić information content (AvgIpc) is 2.93. The summed E-state index contributed by atoms with van der Waals surface area (Å²) < 4.78 is 11.6. The van der Waals surface area contributed by atoms with Crippen LogP contribution in [-0.2, 0) is 13.0 Å². The van der Waals surface area contributed by atoms with E-state index < -0.39 is 0 Å². The van der Waals surface area contributed by atoms with Gasteiger partial charge in [-0.25, -0.2) is 0 Å². The second-order valence-corrected chi connectivity index (χ2v) is 5.90. The van der Waals surface area contributed by atoms with E-state index in [-0.39, 0.29) is 12.6 Å². The van der Waals surface area contributed by atoms with E-state index in [2.05, 4.69) is 4.98 Å². The number of nitrogens with two attached hydrogens (primary N) is 1. The van der Waals surface area contributed by atoms with Gasteiger partial charge in [0.15, 0.2) is 0 Å². The summed E-state index contributed by atoms with van der Waals surface area (Å²) in [7, 11) is 0. The number of aliphatic hydroxyl groups is 1. The largest absolute Gasteiger partial charge is 0.493 e. The van der Waals surface area contributed by atoms with Crippen LogP contribution in [0.4, 0.5) is 0 Å². The molecule has 1 atom stereocenters. The summed E-state index contributed by atoms with van der Waals surface area (Å²) in [6, 6.07) is 9.64. The second kappa shape index (κ2) is 7.47. The quantitative estimate of drug-likeness (QED) is 0.697. The zero-order valence-corrected chi connectivity index (χ0v) is 13.7. The molecule has 3 N–H and O–H groups in total. The zero-order chi connectivity index (χ0) is 16.9. The van der Waals surface area contributed by atoms with Crippen molar-refractivity contribution in [2.75, 3.05) is 6.61 Å². The summed E-state index contributed by atoms with van der Waals surface area (Å²) in [5.41, 5.74) is 8.96. The maximum Gasteiger partial charge on any atom is 0.138 e. The van der Waals surface area contributed by atoms with E-state index in [0.717, 1.165) is 40.7 Å². The number of ether oxygens (including phenoxy) is 1. The third-order valence-electron chi connectivity index (χ3n) is 4.12. The first-order valence-electron chi connectivity index (χ1n) is 8.08. The van der Waals surface area contributed by atoms with Gasteiger partial charge >= 0.3 is 0 Å². The van der Waals surface area contributed by atoms with Crippen molar-refractivity contribution in [1.29, 1.82) is 0 Å². The molecule has 1 unspecified atom stereocenters. The lowest BCUT2D eigenvalue weighted by molar-refractivity contribution is 0.250. The number of furan rings is 1. The highest BCUT2D eigenvalue weighted by molar-refractivity contribution is 5.88. The predicted molar refractivity (Wildman–Crippen MR) is 92.9 cm³/mol. The van der Waals surface area contributed by atoms with Crippen molar-refractivity contribution < 1.29 is 14.3 Å². The Bertz CT molecular complexity index is 799. The molecule has 0 saturated heterocycles. The molecular weight excluding hydrogens is 304 g/mol. The van der Waals surface area contributed by atoms with Gasteiger partial charge in [0.2, 0.25) is 0 Å².